The second-order valence-corrected chi connectivity index (χ2v) is 15.2. The lowest BCUT2D eigenvalue weighted by atomic mass is 10.1. The molecule has 2 saturated heterocycles. The standard InChI is InChI=1S/C25H35N9O13P2/c1-25(2,3)46-24(38)33-9-14(32-6-4-5-13(8-32)21(27)37)7-15(33)10-43-48(39,40)47-49(41,42)44-11-16-18(35)19(36)23(45-16)34-12-28-17-20(26)29-31-30-22(17)34/h4-6,8,12,14-16,18-19,23,35-36H,7,9-11H2,1-3H3,(H5-,26,27,29,30,37,39,40,41,42)/t14-,15-,16+,18+,19+,23+/m0/s1. The van der Waals surface area contributed by atoms with Crippen molar-refractivity contribution in [3.05, 3.63) is 36.4 Å². The molecule has 0 aliphatic carbocycles. The average Bonchev–Trinajstić information content (AvgIpc) is 3.71. The number of hydrogen-bond donors (Lipinski definition) is 5. The SMILES string of the molecule is CC(C)(C)OC(=O)N1C[C@@H]([n+]2cccc(C(N)=O)c2)C[C@H]1COP(=O)([O-])OP(=O)(O)OC[C@H]1O[C@@H](n2cnc3c(N)nnnc32)[C@H](O)[C@@H]1O. The Hall–Kier alpha value is -3.69. The highest BCUT2D eigenvalue weighted by molar-refractivity contribution is 7.60. The predicted molar refractivity (Wildman–Crippen MR) is 159 cm³/mol. The van der Waals surface area contributed by atoms with Crippen molar-refractivity contribution in [2.45, 2.75) is 69.4 Å². The summed E-state index contributed by atoms with van der Waals surface area (Å²) in [5.74, 6) is -0.732. The number of rotatable bonds is 11. The van der Waals surface area contributed by atoms with Crippen LogP contribution in [-0.2, 0) is 32.0 Å². The third-order valence-electron chi connectivity index (χ3n) is 7.49. The van der Waals surface area contributed by atoms with Crippen molar-refractivity contribution in [1.29, 1.82) is 0 Å². The van der Waals surface area contributed by atoms with E-state index in [0.29, 0.717) is 0 Å². The minimum absolute atomic E-state index is 0.0315. The van der Waals surface area contributed by atoms with Crippen molar-refractivity contribution in [3.8, 4) is 0 Å². The number of phosphoric ester groups is 2. The molecule has 0 radical (unpaired) electrons. The van der Waals surface area contributed by atoms with Crippen LogP contribution < -0.4 is 20.9 Å². The van der Waals surface area contributed by atoms with E-state index in [1.54, 1.807) is 37.6 Å². The van der Waals surface area contributed by atoms with E-state index < -0.39 is 83.1 Å². The van der Waals surface area contributed by atoms with Gasteiger partial charge in [0.15, 0.2) is 41.6 Å². The van der Waals surface area contributed by atoms with Crippen molar-refractivity contribution in [1.82, 2.24) is 29.9 Å². The van der Waals surface area contributed by atoms with Gasteiger partial charge in [0, 0.05) is 12.5 Å². The zero-order chi connectivity index (χ0) is 35.9. The van der Waals surface area contributed by atoms with Gasteiger partial charge in [0.05, 0.1) is 32.1 Å². The van der Waals surface area contributed by atoms with E-state index in [1.807, 2.05) is 0 Å². The number of ether oxygens (including phenoxy) is 2. The van der Waals surface area contributed by atoms with Gasteiger partial charge in [-0.05, 0) is 32.1 Å². The lowest BCUT2D eigenvalue weighted by Gasteiger charge is -2.30. The van der Waals surface area contributed by atoms with Crippen LogP contribution in [0.3, 0.4) is 0 Å². The molecule has 0 bridgehead atoms. The number of amides is 2. The lowest BCUT2D eigenvalue weighted by molar-refractivity contribution is -0.719. The monoisotopic (exact) mass is 731 g/mol. The number of aliphatic hydroxyl groups is 2. The zero-order valence-corrected chi connectivity index (χ0v) is 28.1. The van der Waals surface area contributed by atoms with Crippen LogP contribution >= 0.6 is 15.6 Å². The van der Waals surface area contributed by atoms with E-state index in [2.05, 4.69) is 24.7 Å². The molecule has 5 heterocycles. The van der Waals surface area contributed by atoms with Gasteiger partial charge in [0.1, 0.15) is 29.5 Å². The van der Waals surface area contributed by atoms with Crippen LogP contribution in [0.1, 0.15) is 49.8 Å². The summed E-state index contributed by atoms with van der Waals surface area (Å²) < 4.78 is 53.2. The summed E-state index contributed by atoms with van der Waals surface area (Å²) in [7, 11) is -11.0. The van der Waals surface area contributed by atoms with Crippen molar-refractivity contribution in [3.63, 3.8) is 0 Å². The van der Waals surface area contributed by atoms with Gasteiger partial charge in [-0.1, -0.05) is 0 Å². The smallest absolute Gasteiger partial charge is 0.478 e. The Kier molecular flexibility index (Phi) is 10.4. The van der Waals surface area contributed by atoms with E-state index in [0.717, 1.165) is 0 Å². The summed E-state index contributed by atoms with van der Waals surface area (Å²) in [6.07, 6.45) is -2.41. The first-order valence-corrected chi connectivity index (χ1v) is 17.6. The number of aliphatic hydroxyl groups excluding tert-OH is 2. The average molecular weight is 732 g/mol. The van der Waals surface area contributed by atoms with E-state index in [1.165, 1.54) is 28.1 Å². The molecule has 0 spiro atoms. The lowest BCUT2D eigenvalue weighted by Crippen LogP contribution is -2.44. The number of fused-ring (bicyclic) bond motifs is 1. The van der Waals surface area contributed by atoms with Gasteiger partial charge in [-0.2, -0.15) is 4.57 Å². The summed E-state index contributed by atoms with van der Waals surface area (Å²) in [6, 6.07) is 1.70. The van der Waals surface area contributed by atoms with E-state index in [4.69, 9.17) is 30.0 Å². The van der Waals surface area contributed by atoms with Gasteiger partial charge in [-0.3, -0.25) is 23.4 Å². The molecule has 24 heteroatoms. The van der Waals surface area contributed by atoms with E-state index >= 15 is 0 Å². The fraction of sp³-hybridized carbons (Fsp3) is 0.560. The summed E-state index contributed by atoms with van der Waals surface area (Å²) in [4.78, 5) is 52.8. The van der Waals surface area contributed by atoms with Crippen LogP contribution in [0, 0.1) is 0 Å². The first-order valence-electron chi connectivity index (χ1n) is 14.6. The second kappa shape index (κ2) is 13.9. The molecule has 3 aromatic rings. The van der Waals surface area contributed by atoms with Crippen LogP contribution in [-0.4, -0.2) is 107 Å². The molecule has 268 valence electrons. The number of nitrogen functional groups attached to an aromatic ring is 1. The Balaban J connectivity index is 1.21. The van der Waals surface area contributed by atoms with Gasteiger partial charge in [0.25, 0.3) is 13.7 Å². The molecule has 2 amide bonds. The highest BCUT2D eigenvalue weighted by Crippen LogP contribution is 2.58. The Morgan fingerprint density at radius 3 is 2.61 bits per heavy atom. The minimum atomic E-state index is -5.58. The molecule has 0 aromatic carbocycles. The molecule has 0 saturated carbocycles. The zero-order valence-electron chi connectivity index (χ0n) is 26.3. The number of hydrogen-bond acceptors (Lipinski definition) is 17. The van der Waals surface area contributed by atoms with Crippen LogP contribution in [0.4, 0.5) is 10.6 Å². The largest absolute Gasteiger partial charge is 0.756 e. The fourth-order valence-electron chi connectivity index (χ4n) is 5.27. The summed E-state index contributed by atoms with van der Waals surface area (Å²) in [5, 5.41) is 31.9. The van der Waals surface area contributed by atoms with Gasteiger partial charge >= 0.3 is 13.9 Å². The maximum Gasteiger partial charge on any atom is 0.478 e. The number of phosphoric acid groups is 2. The highest BCUT2D eigenvalue weighted by atomic mass is 31.3. The van der Waals surface area contributed by atoms with E-state index in [-0.39, 0.29) is 35.5 Å². The molecule has 5 rings (SSSR count). The van der Waals surface area contributed by atoms with E-state index in [9.17, 15) is 38.7 Å². The molecule has 2 aliphatic rings. The molecule has 2 fully saturated rings. The van der Waals surface area contributed by atoms with Crippen molar-refractivity contribution >= 4 is 44.6 Å². The number of anilines is 1. The molecular weight excluding hydrogens is 696 g/mol. The van der Waals surface area contributed by atoms with Gasteiger partial charge < -0.3 is 45.5 Å². The number of nitrogens with zero attached hydrogens (tertiary/aromatic N) is 7. The molecule has 2 unspecified atom stereocenters. The Labute approximate surface area is 277 Å². The van der Waals surface area contributed by atoms with Crippen molar-refractivity contribution in [2.75, 3.05) is 25.5 Å². The fourth-order valence-corrected chi connectivity index (χ4v) is 7.35. The summed E-state index contributed by atoms with van der Waals surface area (Å²) >= 11 is 0. The number of aromatic nitrogens is 6. The third kappa shape index (κ3) is 8.55. The molecule has 49 heavy (non-hydrogen) atoms. The maximum absolute atomic E-state index is 13.0. The Morgan fingerprint density at radius 1 is 1.18 bits per heavy atom. The van der Waals surface area contributed by atoms with Crippen LogP contribution in [0.2, 0.25) is 0 Å². The third-order valence-corrected chi connectivity index (χ3v) is 10.1. The minimum Gasteiger partial charge on any atom is -0.756 e. The predicted octanol–water partition coefficient (Wildman–Crippen LogP) is -1.32. The first kappa shape index (κ1) is 36.6. The normalized spacial score (nSPS) is 26.8. The molecule has 3 aromatic heterocycles. The van der Waals surface area contributed by atoms with Crippen LogP contribution in [0.25, 0.3) is 11.2 Å². The van der Waals surface area contributed by atoms with Gasteiger partial charge in [-0.25, -0.2) is 18.7 Å². The quantitative estimate of drug-likeness (QED) is 0.113. The summed E-state index contributed by atoms with van der Waals surface area (Å²) in [6.45, 7) is 3.35. The van der Waals surface area contributed by atoms with Crippen molar-refractivity contribution in [2.24, 2.45) is 5.73 Å². The Bertz CT molecular complexity index is 1810. The first-order chi connectivity index (χ1) is 22.8. The molecule has 8 atom stereocenters. The van der Waals surface area contributed by atoms with Crippen molar-refractivity contribution < 1.29 is 66.1 Å². The molecular formula is C25H35N9O13P2. The second-order valence-electron chi connectivity index (χ2n) is 12.2. The Morgan fingerprint density at radius 2 is 1.92 bits per heavy atom. The molecule has 7 N–H and O–H groups in total. The number of imidazole rings is 1. The maximum atomic E-state index is 13.0. The number of primary amides is 1. The van der Waals surface area contributed by atoms with Crippen LogP contribution in [0.5, 0.6) is 0 Å². The number of pyridine rings is 1. The van der Waals surface area contributed by atoms with Gasteiger partial charge in [-0.15, -0.1) is 10.2 Å². The number of nitrogens with two attached hydrogens (primary N) is 2. The number of likely N-dealkylation sites (tertiary alicyclic amines) is 1. The number of carbonyl (C=O) groups is 2. The molecule has 22 nitrogen and oxygen atoms in total. The molecule has 2 aliphatic heterocycles. The van der Waals surface area contributed by atoms with Crippen LogP contribution in [0.15, 0.2) is 30.9 Å². The van der Waals surface area contributed by atoms with Gasteiger partial charge in [0.2, 0.25) is 0 Å². The summed E-state index contributed by atoms with van der Waals surface area (Å²) in [5.41, 5.74) is 10.6. The number of carbonyl (C=O) groups excluding carboxylic acids is 2. The topological polar surface area (TPSA) is 314 Å². The highest BCUT2D eigenvalue weighted by Gasteiger charge is 2.46.